The third-order valence-electron chi connectivity index (χ3n) is 2.28. The van der Waals surface area contributed by atoms with Gasteiger partial charge in [-0.1, -0.05) is 0 Å². The van der Waals surface area contributed by atoms with E-state index in [0.29, 0.717) is 13.0 Å². The summed E-state index contributed by atoms with van der Waals surface area (Å²) in [4.78, 5) is 0. The van der Waals surface area contributed by atoms with E-state index in [0.717, 1.165) is 6.42 Å². The van der Waals surface area contributed by atoms with Gasteiger partial charge in [0.25, 0.3) is 0 Å². The second-order valence-electron chi connectivity index (χ2n) is 3.38. The zero-order chi connectivity index (χ0) is 9.14. The average molecular weight is 174 g/mol. The van der Waals surface area contributed by atoms with Crippen molar-refractivity contribution in [3.8, 4) is 0 Å². The maximum Gasteiger partial charge on any atom is 0.0985 e. The molecule has 0 aromatic rings. The second kappa shape index (κ2) is 4.18. The van der Waals surface area contributed by atoms with Crippen molar-refractivity contribution in [3.05, 3.63) is 0 Å². The fourth-order valence-electron chi connectivity index (χ4n) is 1.74. The van der Waals surface area contributed by atoms with Gasteiger partial charge in [-0.05, 0) is 19.8 Å². The highest BCUT2D eigenvalue weighted by Gasteiger charge is 2.33. The molecule has 0 aromatic carbocycles. The van der Waals surface area contributed by atoms with E-state index in [9.17, 15) is 5.11 Å². The SMILES string of the molecule is CCO[C@@H]1C(N)CC(N)CC1O. The lowest BCUT2D eigenvalue weighted by molar-refractivity contribution is -0.0683. The van der Waals surface area contributed by atoms with Crippen LogP contribution < -0.4 is 11.5 Å². The molecular formula is C8H18N2O2. The van der Waals surface area contributed by atoms with Crippen LogP contribution in [0, 0.1) is 0 Å². The van der Waals surface area contributed by atoms with Crippen LogP contribution >= 0.6 is 0 Å². The molecule has 1 saturated carbocycles. The Bertz CT molecular complexity index is 131. The van der Waals surface area contributed by atoms with Gasteiger partial charge >= 0.3 is 0 Å². The molecule has 1 aliphatic carbocycles. The summed E-state index contributed by atoms with van der Waals surface area (Å²) < 4.78 is 5.33. The van der Waals surface area contributed by atoms with Gasteiger partial charge in [0.1, 0.15) is 0 Å². The van der Waals surface area contributed by atoms with Crippen LogP contribution in [0.5, 0.6) is 0 Å². The zero-order valence-corrected chi connectivity index (χ0v) is 7.44. The molecule has 5 N–H and O–H groups in total. The van der Waals surface area contributed by atoms with E-state index in [4.69, 9.17) is 16.2 Å². The number of ether oxygens (including phenoxy) is 1. The monoisotopic (exact) mass is 174 g/mol. The first kappa shape index (κ1) is 9.92. The van der Waals surface area contributed by atoms with Crippen LogP contribution in [0.1, 0.15) is 19.8 Å². The van der Waals surface area contributed by atoms with Crippen LogP contribution in [0.4, 0.5) is 0 Å². The number of rotatable bonds is 2. The molecule has 0 spiro atoms. The standard InChI is InChI=1S/C8H18N2O2/c1-2-12-8-6(10)3-5(9)4-7(8)11/h5-8,11H,2-4,9-10H2,1H3/t5?,6?,7?,8-/m1/s1. The van der Waals surface area contributed by atoms with Crippen LogP contribution in [-0.4, -0.2) is 36.0 Å². The summed E-state index contributed by atoms with van der Waals surface area (Å²) in [6, 6.07) is -0.101. The fourth-order valence-corrected chi connectivity index (χ4v) is 1.74. The summed E-state index contributed by atoms with van der Waals surface area (Å²) in [5.74, 6) is 0. The zero-order valence-electron chi connectivity index (χ0n) is 7.44. The molecule has 72 valence electrons. The molecule has 4 atom stereocenters. The molecule has 0 saturated heterocycles. The normalized spacial score (nSPS) is 43.0. The third kappa shape index (κ3) is 2.17. The van der Waals surface area contributed by atoms with Gasteiger partial charge in [-0.25, -0.2) is 0 Å². The molecular weight excluding hydrogens is 156 g/mol. The number of hydrogen-bond donors (Lipinski definition) is 3. The maximum atomic E-state index is 9.56. The number of nitrogens with two attached hydrogens (primary N) is 2. The summed E-state index contributed by atoms with van der Waals surface area (Å²) in [6.07, 6.45) is 0.610. The lowest BCUT2D eigenvalue weighted by Gasteiger charge is -2.35. The van der Waals surface area contributed by atoms with E-state index in [1.54, 1.807) is 0 Å². The Labute approximate surface area is 72.9 Å². The Morgan fingerprint density at radius 1 is 1.42 bits per heavy atom. The van der Waals surface area contributed by atoms with Crippen molar-refractivity contribution in [2.24, 2.45) is 11.5 Å². The van der Waals surface area contributed by atoms with E-state index in [2.05, 4.69) is 0 Å². The first-order chi connectivity index (χ1) is 5.65. The van der Waals surface area contributed by atoms with Gasteiger partial charge in [0, 0.05) is 18.7 Å². The first-order valence-corrected chi connectivity index (χ1v) is 4.46. The summed E-state index contributed by atoms with van der Waals surface area (Å²) >= 11 is 0. The van der Waals surface area contributed by atoms with Crippen molar-refractivity contribution in [1.82, 2.24) is 0 Å². The quantitative estimate of drug-likeness (QED) is 0.512. The number of hydrogen-bond acceptors (Lipinski definition) is 4. The van der Waals surface area contributed by atoms with Crippen molar-refractivity contribution in [1.29, 1.82) is 0 Å². The molecule has 4 heteroatoms. The molecule has 3 unspecified atom stereocenters. The molecule has 12 heavy (non-hydrogen) atoms. The van der Waals surface area contributed by atoms with Crippen molar-refractivity contribution in [3.63, 3.8) is 0 Å². The fraction of sp³-hybridized carbons (Fsp3) is 1.00. The molecule has 1 aliphatic rings. The first-order valence-electron chi connectivity index (χ1n) is 4.46. The van der Waals surface area contributed by atoms with E-state index in [-0.39, 0.29) is 18.2 Å². The van der Waals surface area contributed by atoms with Crippen LogP contribution in [0.3, 0.4) is 0 Å². The van der Waals surface area contributed by atoms with Crippen LogP contribution in [-0.2, 0) is 4.74 Å². The topological polar surface area (TPSA) is 81.5 Å². The lowest BCUT2D eigenvalue weighted by Crippen LogP contribution is -2.54. The van der Waals surface area contributed by atoms with E-state index >= 15 is 0 Å². The van der Waals surface area contributed by atoms with E-state index < -0.39 is 6.10 Å². The highest BCUT2D eigenvalue weighted by molar-refractivity contribution is 4.91. The van der Waals surface area contributed by atoms with Gasteiger partial charge in [-0.2, -0.15) is 0 Å². The van der Waals surface area contributed by atoms with Crippen LogP contribution in [0.15, 0.2) is 0 Å². The van der Waals surface area contributed by atoms with Gasteiger partial charge < -0.3 is 21.3 Å². The van der Waals surface area contributed by atoms with Gasteiger partial charge in [-0.3, -0.25) is 0 Å². The van der Waals surface area contributed by atoms with Crippen molar-refractivity contribution in [2.75, 3.05) is 6.61 Å². The number of aliphatic hydroxyl groups excluding tert-OH is 1. The second-order valence-corrected chi connectivity index (χ2v) is 3.38. The maximum absolute atomic E-state index is 9.56. The largest absolute Gasteiger partial charge is 0.390 e. The lowest BCUT2D eigenvalue weighted by atomic mass is 9.87. The summed E-state index contributed by atoms with van der Waals surface area (Å²) in [7, 11) is 0. The molecule has 0 radical (unpaired) electrons. The Kier molecular flexibility index (Phi) is 3.46. The molecule has 0 heterocycles. The van der Waals surface area contributed by atoms with Gasteiger partial charge in [0.05, 0.1) is 12.2 Å². The van der Waals surface area contributed by atoms with Crippen LogP contribution in [0.25, 0.3) is 0 Å². The predicted molar refractivity (Wildman–Crippen MR) is 46.6 cm³/mol. The van der Waals surface area contributed by atoms with Crippen molar-refractivity contribution >= 4 is 0 Å². The van der Waals surface area contributed by atoms with Crippen LogP contribution in [0.2, 0.25) is 0 Å². The van der Waals surface area contributed by atoms with Crippen molar-refractivity contribution < 1.29 is 9.84 Å². The average Bonchev–Trinajstić information content (AvgIpc) is 1.96. The van der Waals surface area contributed by atoms with Gasteiger partial charge in [0.15, 0.2) is 0 Å². The Hall–Kier alpha value is -0.160. The van der Waals surface area contributed by atoms with E-state index in [1.807, 2.05) is 6.92 Å². The van der Waals surface area contributed by atoms with Gasteiger partial charge in [-0.15, -0.1) is 0 Å². The minimum Gasteiger partial charge on any atom is -0.390 e. The van der Waals surface area contributed by atoms with E-state index in [1.165, 1.54) is 0 Å². The molecule has 0 aliphatic heterocycles. The summed E-state index contributed by atoms with van der Waals surface area (Å²) in [5.41, 5.74) is 11.5. The Morgan fingerprint density at radius 2 is 2.08 bits per heavy atom. The molecule has 1 fully saturated rings. The smallest absolute Gasteiger partial charge is 0.0985 e. The third-order valence-corrected chi connectivity index (χ3v) is 2.28. The molecule has 0 amide bonds. The predicted octanol–water partition coefficient (Wildman–Crippen LogP) is -0.799. The minimum absolute atomic E-state index is 0.0201. The highest BCUT2D eigenvalue weighted by atomic mass is 16.5. The molecule has 4 nitrogen and oxygen atoms in total. The molecule has 0 bridgehead atoms. The number of aliphatic hydroxyl groups is 1. The summed E-state index contributed by atoms with van der Waals surface area (Å²) in [5, 5.41) is 9.56. The Morgan fingerprint density at radius 3 is 2.58 bits per heavy atom. The molecule has 0 aromatic heterocycles. The Balaban J connectivity index is 2.48. The highest BCUT2D eigenvalue weighted by Crippen LogP contribution is 2.19. The van der Waals surface area contributed by atoms with Gasteiger partial charge in [0.2, 0.25) is 0 Å². The summed E-state index contributed by atoms with van der Waals surface area (Å²) in [6.45, 7) is 2.48. The minimum atomic E-state index is -0.497. The molecule has 1 rings (SSSR count). The van der Waals surface area contributed by atoms with Crippen molar-refractivity contribution in [2.45, 2.75) is 44.1 Å².